The SMILES string of the molecule is Cc1ccnn1CC(=O)N1CCN(CCS(C)(=O)=O)CC1. The molecule has 7 nitrogen and oxygen atoms in total. The van der Waals surface area contributed by atoms with Gasteiger partial charge in [0.15, 0.2) is 0 Å². The molecule has 2 rings (SSSR count). The molecule has 1 aromatic heterocycles. The van der Waals surface area contributed by atoms with Gasteiger partial charge < -0.3 is 4.90 Å². The highest BCUT2D eigenvalue weighted by molar-refractivity contribution is 7.90. The standard InChI is InChI=1S/C13H22N4O3S/c1-12-3-4-14-17(12)11-13(18)16-7-5-15(6-8-16)9-10-21(2,19)20/h3-4H,5-11H2,1-2H3. The van der Waals surface area contributed by atoms with E-state index in [1.807, 2.05) is 17.9 Å². The Morgan fingerprint density at radius 2 is 1.95 bits per heavy atom. The molecular weight excluding hydrogens is 292 g/mol. The molecule has 0 spiro atoms. The van der Waals surface area contributed by atoms with E-state index in [0.29, 0.717) is 19.6 Å². The third-order valence-electron chi connectivity index (χ3n) is 3.72. The van der Waals surface area contributed by atoms with Crippen LogP contribution < -0.4 is 0 Å². The maximum absolute atomic E-state index is 12.2. The van der Waals surface area contributed by atoms with Crippen LogP contribution in [-0.2, 0) is 21.2 Å². The Morgan fingerprint density at radius 3 is 2.48 bits per heavy atom. The van der Waals surface area contributed by atoms with Crippen LogP contribution in [0.4, 0.5) is 0 Å². The average Bonchev–Trinajstić information content (AvgIpc) is 2.82. The van der Waals surface area contributed by atoms with Crippen molar-refractivity contribution in [3.05, 3.63) is 18.0 Å². The van der Waals surface area contributed by atoms with E-state index in [-0.39, 0.29) is 18.2 Å². The minimum Gasteiger partial charge on any atom is -0.339 e. The first kappa shape index (κ1) is 16.0. The molecule has 1 fully saturated rings. The van der Waals surface area contributed by atoms with Crippen LogP contribution in [0.3, 0.4) is 0 Å². The summed E-state index contributed by atoms with van der Waals surface area (Å²) in [5.74, 6) is 0.234. The van der Waals surface area contributed by atoms with Crippen molar-refractivity contribution in [2.75, 3.05) is 44.7 Å². The van der Waals surface area contributed by atoms with E-state index >= 15 is 0 Å². The molecule has 1 aromatic rings. The van der Waals surface area contributed by atoms with Gasteiger partial charge in [-0.3, -0.25) is 14.4 Å². The van der Waals surface area contributed by atoms with Gasteiger partial charge in [0.05, 0.1) is 5.75 Å². The van der Waals surface area contributed by atoms with E-state index < -0.39 is 9.84 Å². The Morgan fingerprint density at radius 1 is 1.29 bits per heavy atom. The number of hydrogen-bond acceptors (Lipinski definition) is 5. The lowest BCUT2D eigenvalue weighted by atomic mass is 10.3. The fourth-order valence-corrected chi connectivity index (χ4v) is 2.90. The highest BCUT2D eigenvalue weighted by Crippen LogP contribution is 2.05. The van der Waals surface area contributed by atoms with Gasteiger partial charge in [-0.15, -0.1) is 0 Å². The molecule has 1 saturated heterocycles. The Kier molecular flexibility index (Phi) is 5.00. The van der Waals surface area contributed by atoms with Crippen molar-refractivity contribution in [2.24, 2.45) is 0 Å². The van der Waals surface area contributed by atoms with Crippen molar-refractivity contribution in [2.45, 2.75) is 13.5 Å². The molecule has 0 atom stereocenters. The minimum atomic E-state index is -2.93. The first-order chi connectivity index (χ1) is 9.85. The summed E-state index contributed by atoms with van der Waals surface area (Å²) in [4.78, 5) is 16.1. The predicted octanol–water partition coefficient (Wildman–Crippen LogP) is -0.620. The molecule has 1 aliphatic heterocycles. The predicted molar refractivity (Wildman–Crippen MR) is 79.7 cm³/mol. The molecule has 0 radical (unpaired) electrons. The van der Waals surface area contributed by atoms with Gasteiger partial charge in [0.25, 0.3) is 0 Å². The monoisotopic (exact) mass is 314 g/mol. The molecule has 0 aromatic carbocycles. The number of carbonyl (C=O) groups is 1. The maximum Gasteiger partial charge on any atom is 0.244 e. The number of nitrogens with zero attached hydrogens (tertiary/aromatic N) is 4. The van der Waals surface area contributed by atoms with Gasteiger partial charge in [0.2, 0.25) is 5.91 Å². The van der Waals surface area contributed by atoms with Crippen molar-refractivity contribution in [3.8, 4) is 0 Å². The van der Waals surface area contributed by atoms with Gasteiger partial charge in [-0.2, -0.15) is 5.10 Å². The second-order valence-electron chi connectivity index (χ2n) is 5.48. The van der Waals surface area contributed by atoms with Crippen molar-refractivity contribution in [1.82, 2.24) is 19.6 Å². The van der Waals surface area contributed by atoms with Crippen molar-refractivity contribution in [1.29, 1.82) is 0 Å². The van der Waals surface area contributed by atoms with Crippen LogP contribution in [0.1, 0.15) is 5.69 Å². The quantitative estimate of drug-likeness (QED) is 0.724. The Balaban J connectivity index is 1.78. The zero-order valence-electron chi connectivity index (χ0n) is 12.5. The molecular formula is C13H22N4O3S. The summed E-state index contributed by atoms with van der Waals surface area (Å²) in [5, 5.41) is 4.11. The highest BCUT2D eigenvalue weighted by atomic mass is 32.2. The van der Waals surface area contributed by atoms with Crippen molar-refractivity contribution < 1.29 is 13.2 Å². The van der Waals surface area contributed by atoms with Gasteiger partial charge in [0, 0.05) is 50.9 Å². The van der Waals surface area contributed by atoms with Gasteiger partial charge in [-0.25, -0.2) is 8.42 Å². The first-order valence-corrected chi connectivity index (χ1v) is 9.07. The summed E-state index contributed by atoms with van der Waals surface area (Å²) in [5.41, 5.74) is 0.968. The normalized spacial score (nSPS) is 17.1. The summed E-state index contributed by atoms with van der Waals surface area (Å²) < 4.78 is 24.0. The number of aromatic nitrogens is 2. The number of hydrogen-bond donors (Lipinski definition) is 0. The number of aryl methyl sites for hydroxylation is 1. The molecule has 21 heavy (non-hydrogen) atoms. The summed E-state index contributed by atoms with van der Waals surface area (Å²) in [6.07, 6.45) is 2.94. The zero-order valence-corrected chi connectivity index (χ0v) is 13.3. The topological polar surface area (TPSA) is 75.5 Å². The molecule has 0 unspecified atom stereocenters. The van der Waals surface area contributed by atoms with Gasteiger partial charge in [0.1, 0.15) is 16.4 Å². The summed E-state index contributed by atoms with van der Waals surface area (Å²) in [6.45, 7) is 5.45. The van der Waals surface area contributed by atoms with Crippen LogP contribution in [0.15, 0.2) is 12.3 Å². The average molecular weight is 314 g/mol. The fourth-order valence-electron chi connectivity index (χ4n) is 2.31. The van der Waals surface area contributed by atoms with Crippen LogP contribution >= 0.6 is 0 Å². The highest BCUT2D eigenvalue weighted by Gasteiger charge is 2.22. The summed E-state index contributed by atoms with van der Waals surface area (Å²) in [6, 6.07) is 1.87. The van der Waals surface area contributed by atoms with Gasteiger partial charge in [-0.05, 0) is 13.0 Å². The van der Waals surface area contributed by atoms with E-state index in [1.54, 1.807) is 10.9 Å². The molecule has 8 heteroatoms. The van der Waals surface area contributed by atoms with E-state index in [4.69, 9.17) is 0 Å². The number of piperazine rings is 1. The fraction of sp³-hybridized carbons (Fsp3) is 0.692. The lowest BCUT2D eigenvalue weighted by Gasteiger charge is -2.34. The van der Waals surface area contributed by atoms with Crippen LogP contribution in [0.25, 0.3) is 0 Å². The molecule has 1 aliphatic rings. The van der Waals surface area contributed by atoms with Crippen LogP contribution in [0.2, 0.25) is 0 Å². The van der Waals surface area contributed by atoms with E-state index in [0.717, 1.165) is 18.8 Å². The van der Waals surface area contributed by atoms with Gasteiger partial charge in [-0.1, -0.05) is 0 Å². The smallest absolute Gasteiger partial charge is 0.244 e. The number of rotatable bonds is 5. The molecule has 118 valence electrons. The second kappa shape index (κ2) is 6.57. The van der Waals surface area contributed by atoms with E-state index in [9.17, 15) is 13.2 Å². The van der Waals surface area contributed by atoms with Crippen LogP contribution in [0.5, 0.6) is 0 Å². The molecule has 0 N–H and O–H groups in total. The third-order valence-corrected chi connectivity index (χ3v) is 4.64. The largest absolute Gasteiger partial charge is 0.339 e. The lowest BCUT2D eigenvalue weighted by molar-refractivity contribution is -0.133. The molecule has 0 bridgehead atoms. The third kappa shape index (κ3) is 4.82. The second-order valence-corrected chi connectivity index (χ2v) is 7.74. The summed E-state index contributed by atoms with van der Waals surface area (Å²) in [7, 11) is -2.93. The van der Waals surface area contributed by atoms with Crippen LogP contribution in [0, 0.1) is 6.92 Å². The number of carbonyl (C=O) groups excluding carboxylic acids is 1. The molecule has 2 heterocycles. The molecule has 1 amide bonds. The van der Waals surface area contributed by atoms with Crippen LogP contribution in [-0.4, -0.2) is 78.6 Å². The Bertz CT molecular complexity index is 588. The molecule has 0 saturated carbocycles. The first-order valence-electron chi connectivity index (χ1n) is 7.01. The Labute approximate surface area is 125 Å². The minimum absolute atomic E-state index is 0.0598. The Hall–Kier alpha value is -1.41. The van der Waals surface area contributed by atoms with Crippen molar-refractivity contribution in [3.63, 3.8) is 0 Å². The van der Waals surface area contributed by atoms with Gasteiger partial charge >= 0.3 is 0 Å². The molecule has 0 aliphatic carbocycles. The maximum atomic E-state index is 12.2. The summed E-state index contributed by atoms with van der Waals surface area (Å²) >= 11 is 0. The van der Waals surface area contributed by atoms with E-state index in [2.05, 4.69) is 10.00 Å². The zero-order chi connectivity index (χ0) is 15.5. The lowest BCUT2D eigenvalue weighted by Crippen LogP contribution is -2.50. The van der Waals surface area contributed by atoms with Crippen molar-refractivity contribution >= 4 is 15.7 Å². The van der Waals surface area contributed by atoms with E-state index in [1.165, 1.54) is 6.26 Å². The number of sulfone groups is 1. The number of amides is 1.